The van der Waals surface area contributed by atoms with E-state index in [2.05, 4.69) is 0 Å². The molecular weight excluding hydrogens is 169 g/mol. The Morgan fingerprint density at radius 3 is 2.85 bits per heavy atom. The number of hydrogen-bond acceptors (Lipinski definition) is 2. The molecule has 72 valence electrons. The van der Waals surface area contributed by atoms with Crippen LogP contribution in [0, 0.1) is 5.82 Å². The molecule has 0 aliphatic rings. The summed E-state index contributed by atoms with van der Waals surface area (Å²) in [5.74, 6) is -0.231. The van der Waals surface area contributed by atoms with E-state index in [9.17, 15) is 4.39 Å². The molecule has 0 aromatic heterocycles. The highest BCUT2D eigenvalue weighted by Crippen LogP contribution is 2.11. The molecule has 0 saturated heterocycles. The van der Waals surface area contributed by atoms with Crippen LogP contribution in [-0.2, 0) is 17.9 Å². The predicted molar refractivity (Wildman–Crippen MR) is 49.6 cm³/mol. The van der Waals surface area contributed by atoms with Gasteiger partial charge in [-0.15, -0.1) is 0 Å². The Kier molecular flexibility index (Phi) is 3.86. The van der Waals surface area contributed by atoms with Gasteiger partial charge in [0.2, 0.25) is 0 Å². The molecular formula is C10H14FNO. The summed E-state index contributed by atoms with van der Waals surface area (Å²) in [6.45, 7) is 3.21. The van der Waals surface area contributed by atoms with Crippen LogP contribution in [0.25, 0.3) is 0 Å². The normalized spacial score (nSPS) is 10.4. The Labute approximate surface area is 77.5 Å². The lowest BCUT2D eigenvalue weighted by molar-refractivity contribution is 0.131. The van der Waals surface area contributed by atoms with Gasteiger partial charge in [0.05, 0.1) is 6.61 Å². The highest BCUT2D eigenvalue weighted by atomic mass is 19.1. The van der Waals surface area contributed by atoms with Crippen LogP contribution in [0.2, 0.25) is 0 Å². The molecule has 1 rings (SSSR count). The number of nitrogens with two attached hydrogens (primary N) is 1. The van der Waals surface area contributed by atoms with E-state index in [-0.39, 0.29) is 5.82 Å². The Bertz CT molecular complexity index is 276. The average Bonchev–Trinajstić information content (AvgIpc) is 2.17. The first-order valence-corrected chi connectivity index (χ1v) is 4.33. The molecule has 0 fully saturated rings. The zero-order valence-corrected chi connectivity index (χ0v) is 7.72. The zero-order chi connectivity index (χ0) is 9.68. The third kappa shape index (κ3) is 2.79. The van der Waals surface area contributed by atoms with Crippen LogP contribution in [0.1, 0.15) is 18.1 Å². The highest BCUT2D eigenvalue weighted by Gasteiger charge is 2.02. The number of benzene rings is 1. The largest absolute Gasteiger partial charge is 0.377 e. The van der Waals surface area contributed by atoms with Gasteiger partial charge in [-0.3, -0.25) is 0 Å². The van der Waals surface area contributed by atoms with Crippen LogP contribution in [0.4, 0.5) is 4.39 Å². The quantitative estimate of drug-likeness (QED) is 0.772. The number of halogens is 1. The van der Waals surface area contributed by atoms with Crippen LogP contribution < -0.4 is 5.73 Å². The Hall–Kier alpha value is -0.930. The number of hydrogen-bond donors (Lipinski definition) is 1. The molecule has 0 aliphatic heterocycles. The van der Waals surface area contributed by atoms with Crippen LogP contribution in [0.3, 0.4) is 0 Å². The molecule has 2 nitrogen and oxygen atoms in total. The summed E-state index contributed by atoms with van der Waals surface area (Å²) in [6, 6.07) is 4.85. The lowest BCUT2D eigenvalue weighted by atomic mass is 10.1. The van der Waals surface area contributed by atoms with Gasteiger partial charge in [0.1, 0.15) is 5.82 Å². The first-order valence-electron chi connectivity index (χ1n) is 4.33. The van der Waals surface area contributed by atoms with E-state index in [0.717, 1.165) is 5.56 Å². The Morgan fingerprint density at radius 2 is 2.23 bits per heavy atom. The van der Waals surface area contributed by atoms with Crippen molar-refractivity contribution in [1.82, 2.24) is 0 Å². The molecule has 0 spiro atoms. The molecule has 0 radical (unpaired) electrons. The van der Waals surface area contributed by atoms with E-state index in [0.29, 0.717) is 25.3 Å². The third-order valence-electron chi connectivity index (χ3n) is 1.81. The molecule has 0 unspecified atom stereocenters. The molecule has 0 bridgehead atoms. The van der Waals surface area contributed by atoms with Crippen LogP contribution in [0.5, 0.6) is 0 Å². The highest BCUT2D eigenvalue weighted by molar-refractivity contribution is 5.24. The Balaban J connectivity index is 2.78. The summed E-state index contributed by atoms with van der Waals surface area (Å²) in [7, 11) is 0. The fraction of sp³-hybridized carbons (Fsp3) is 0.400. The molecule has 13 heavy (non-hydrogen) atoms. The standard InChI is InChI=1S/C10H14FNO/c1-2-13-7-9-5-8(6-12)3-4-10(9)11/h3-5H,2,6-7,12H2,1H3. The Morgan fingerprint density at radius 1 is 1.46 bits per heavy atom. The smallest absolute Gasteiger partial charge is 0.128 e. The molecule has 3 heteroatoms. The van der Waals surface area contributed by atoms with Crippen LogP contribution in [-0.4, -0.2) is 6.61 Å². The minimum Gasteiger partial charge on any atom is -0.377 e. The lowest BCUT2D eigenvalue weighted by Gasteiger charge is -2.05. The number of rotatable bonds is 4. The molecule has 1 aromatic rings. The molecule has 0 heterocycles. The summed E-state index contributed by atoms with van der Waals surface area (Å²) in [4.78, 5) is 0. The van der Waals surface area contributed by atoms with E-state index in [1.807, 2.05) is 6.92 Å². The van der Waals surface area contributed by atoms with Crippen molar-refractivity contribution in [2.45, 2.75) is 20.1 Å². The third-order valence-corrected chi connectivity index (χ3v) is 1.81. The van der Waals surface area contributed by atoms with Gasteiger partial charge < -0.3 is 10.5 Å². The van der Waals surface area contributed by atoms with Crippen molar-refractivity contribution in [2.75, 3.05) is 6.61 Å². The second-order valence-corrected chi connectivity index (χ2v) is 2.77. The maximum atomic E-state index is 13.1. The van der Waals surface area contributed by atoms with Gasteiger partial charge in [0, 0.05) is 18.7 Å². The summed E-state index contributed by atoms with van der Waals surface area (Å²) in [5, 5.41) is 0. The molecule has 2 N–H and O–H groups in total. The van der Waals surface area contributed by atoms with Gasteiger partial charge in [0.15, 0.2) is 0 Å². The second-order valence-electron chi connectivity index (χ2n) is 2.77. The van der Waals surface area contributed by atoms with Gasteiger partial charge in [-0.05, 0) is 24.6 Å². The molecule has 0 atom stereocenters. The van der Waals surface area contributed by atoms with Gasteiger partial charge in [-0.1, -0.05) is 6.07 Å². The van der Waals surface area contributed by atoms with Crippen molar-refractivity contribution < 1.29 is 9.13 Å². The topological polar surface area (TPSA) is 35.2 Å². The van der Waals surface area contributed by atoms with E-state index in [4.69, 9.17) is 10.5 Å². The summed E-state index contributed by atoms with van der Waals surface area (Å²) in [5.41, 5.74) is 6.94. The maximum Gasteiger partial charge on any atom is 0.128 e. The monoisotopic (exact) mass is 183 g/mol. The molecule has 0 amide bonds. The van der Waals surface area contributed by atoms with Crippen molar-refractivity contribution in [3.8, 4) is 0 Å². The van der Waals surface area contributed by atoms with Crippen molar-refractivity contribution in [3.63, 3.8) is 0 Å². The van der Waals surface area contributed by atoms with Gasteiger partial charge >= 0.3 is 0 Å². The number of ether oxygens (including phenoxy) is 1. The zero-order valence-electron chi connectivity index (χ0n) is 7.72. The molecule has 1 aromatic carbocycles. The van der Waals surface area contributed by atoms with Crippen molar-refractivity contribution >= 4 is 0 Å². The van der Waals surface area contributed by atoms with E-state index in [1.165, 1.54) is 6.07 Å². The SMILES string of the molecule is CCOCc1cc(CN)ccc1F. The first kappa shape index (κ1) is 10.2. The molecule has 0 aliphatic carbocycles. The predicted octanol–water partition coefficient (Wildman–Crippen LogP) is 1.82. The first-order chi connectivity index (χ1) is 6.27. The van der Waals surface area contributed by atoms with Crippen molar-refractivity contribution in [1.29, 1.82) is 0 Å². The minimum atomic E-state index is -0.231. The summed E-state index contributed by atoms with van der Waals surface area (Å²) in [6.07, 6.45) is 0. The van der Waals surface area contributed by atoms with E-state index < -0.39 is 0 Å². The molecule has 0 saturated carbocycles. The van der Waals surface area contributed by atoms with Crippen molar-refractivity contribution in [2.24, 2.45) is 5.73 Å². The van der Waals surface area contributed by atoms with Crippen LogP contribution in [0.15, 0.2) is 18.2 Å². The fourth-order valence-corrected chi connectivity index (χ4v) is 1.08. The van der Waals surface area contributed by atoms with Gasteiger partial charge in [-0.2, -0.15) is 0 Å². The lowest BCUT2D eigenvalue weighted by Crippen LogP contribution is -2.01. The fourth-order valence-electron chi connectivity index (χ4n) is 1.08. The van der Waals surface area contributed by atoms with Crippen molar-refractivity contribution in [3.05, 3.63) is 35.1 Å². The summed E-state index contributed by atoms with van der Waals surface area (Å²) < 4.78 is 18.2. The summed E-state index contributed by atoms with van der Waals surface area (Å²) >= 11 is 0. The van der Waals surface area contributed by atoms with E-state index in [1.54, 1.807) is 12.1 Å². The van der Waals surface area contributed by atoms with Gasteiger partial charge in [-0.25, -0.2) is 4.39 Å². The van der Waals surface area contributed by atoms with Crippen LogP contribution >= 0.6 is 0 Å². The maximum absolute atomic E-state index is 13.1. The van der Waals surface area contributed by atoms with E-state index >= 15 is 0 Å². The minimum absolute atomic E-state index is 0.231. The second kappa shape index (κ2) is 4.94. The van der Waals surface area contributed by atoms with Gasteiger partial charge in [0.25, 0.3) is 0 Å². The average molecular weight is 183 g/mol.